The van der Waals surface area contributed by atoms with E-state index < -0.39 is 23.4 Å². The topological polar surface area (TPSA) is 123 Å². The molecule has 0 aliphatic carbocycles. The van der Waals surface area contributed by atoms with Crippen LogP contribution in [-0.4, -0.2) is 41.1 Å². The number of carbonyl (C=O) groups excluding carboxylic acids is 2. The zero-order chi connectivity index (χ0) is 26.1. The fraction of sp³-hybridized carbons (Fsp3) is 0.296. The van der Waals surface area contributed by atoms with E-state index in [2.05, 4.69) is 20.5 Å². The minimum absolute atomic E-state index is 0.0570. The van der Waals surface area contributed by atoms with E-state index in [0.717, 1.165) is 11.1 Å². The Morgan fingerprint density at radius 3 is 2.42 bits per heavy atom. The molecule has 1 aromatic heterocycles. The third-order valence-corrected chi connectivity index (χ3v) is 5.65. The molecule has 0 fully saturated rings. The molecule has 9 heteroatoms. The van der Waals surface area contributed by atoms with Gasteiger partial charge in [0.1, 0.15) is 17.3 Å². The van der Waals surface area contributed by atoms with Gasteiger partial charge in [0.05, 0.1) is 26.2 Å². The van der Waals surface area contributed by atoms with Crippen LogP contribution >= 0.6 is 0 Å². The second-order valence-corrected chi connectivity index (χ2v) is 8.29. The molecule has 3 rings (SSSR count). The lowest BCUT2D eigenvalue weighted by atomic mass is 9.98. The summed E-state index contributed by atoms with van der Waals surface area (Å²) in [5.74, 6) is -0.0750. The molecule has 0 saturated carbocycles. The third kappa shape index (κ3) is 6.88. The number of allylic oxidation sites excluding steroid dienone is 1. The number of Topliss-reactive ketones (excluding diaryl/α,β-unsaturated/α-hetero) is 1. The number of aromatic amines is 1. The number of hydrogen-bond donors (Lipinski definition) is 2. The molecule has 2 atom stereocenters. The van der Waals surface area contributed by atoms with Crippen molar-refractivity contribution >= 4 is 17.8 Å². The number of hydrogen-bond acceptors (Lipinski definition) is 7. The van der Waals surface area contributed by atoms with Gasteiger partial charge in [-0.15, -0.1) is 10.2 Å². The summed E-state index contributed by atoms with van der Waals surface area (Å²) in [4.78, 5) is 40.3. The molecule has 1 amide bonds. The number of carbonyl (C=O) groups is 2. The predicted octanol–water partition coefficient (Wildman–Crippen LogP) is 3.26. The molecule has 0 spiro atoms. The lowest BCUT2D eigenvalue weighted by molar-refractivity contribution is -0.133. The van der Waals surface area contributed by atoms with Gasteiger partial charge < -0.3 is 19.8 Å². The van der Waals surface area contributed by atoms with E-state index in [9.17, 15) is 14.4 Å². The van der Waals surface area contributed by atoms with Gasteiger partial charge in [-0.25, -0.2) is 0 Å². The highest BCUT2D eigenvalue weighted by Crippen LogP contribution is 2.28. The number of nitrogens with zero attached hydrogens (tertiary/aromatic N) is 2. The van der Waals surface area contributed by atoms with Gasteiger partial charge >= 0.3 is 0 Å². The van der Waals surface area contributed by atoms with Crippen LogP contribution in [-0.2, 0) is 16.0 Å². The summed E-state index contributed by atoms with van der Waals surface area (Å²) < 4.78 is 10.5. The molecule has 1 heterocycles. The first-order chi connectivity index (χ1) is 17.3. The lowest BCUT2D eigenvalue weighted by Crippen LogP contribution is -2.38. The quantitative estimate of drug-likeness (QED) is 0.396. The number of amides is 1. The van der Waals surface area contributed by atoms with Crippen molar-refractivity contribution in [3.05, 3.63) is 87.6 Å². The lowest BCUT2D eigenvalue weighted by Gasteiger charge is -2.17. The van der Waals surface area contributed by atoms with Crippen LogP contribution in [0.4, 0.5) is 0 Å². The Balaban J connectivity index is 1.66. The smallest absolute Gasteiger partial charge is 0.275 e. The largest absolute Gasteiger partial charge is 0.493 e. The molecule has 0 radical (unpaired) electrons. The highest BCUT2D eigenvalue weighted by molar-refractivity contribution is 6.00. The monoisotopic (exact) mass is 490 g/mol. The molecule has 0 aliphatic heterocycles. The number of ether oxygens (including phenoxy) is 2. The van der Waals surface area contributed by atoms with Gasteiger partial charge in [-0.1, -0.05) is 48.6 Å². The summed E-state index contributed by atoms with van der Waals surface area (Å²) in [5.41, 5.74) is 1.42. The maximum absolute atomic E-state index is 12.8. The first-order valence-corrected chi connectivity index (χ1v) is 11.5. The highest BCUT2D eigenvalue weighted by Gasteiger charge is 2.25. The first kappa shape index (κ1) is 26.3. The van der Waals surface area contributed by atoms with Crippen LogP contribution in [0.2, 0.25) is 0 Å². The van der Waals surface area contributed by atoms with E-state index in [1.807, 2.05) is 42.5 Å². The average molecular weight is 491 g/mol. The summed E-state index contributed by atoms with van der Waals surface area (Å²) in [7, 11) is 3.10. The zero-order valence-electron chi connectivity index (χ0n) is 20.8. The van der Waals surface area contributed by atoms with Crippen LogP contribution in [0.25, 0.3) is 6.08 Å². The van der Waals surface area contributed by atoms with E-state index in [1.165, 1.54) is 6.92 Å². The van der Waals surface area contributed by atoms with Crippen LogP contribution in [0.5, 0.6) is 11.5 Å². The number of H-pyrrole nitrogens is 1. The normalized spacial score (nSPS) is 12.7. The number of benzene rings is 2. The number of nitrogens with one attached hydrogen (secondary N) is 2. The van der Waals surface area contributed by atoms with E-state index >= 15 is 0 Å². The molecule has 36 heavy (non-hydrogen) atoms. The maximum Gasteiger partial charge on any atom is 0.275 e. The summed E-state index contributed by atoms with van der Waals surface area (Å²) in [6, 6.07) is 14.3. The Bertz CT molecular complexity index is 1290. The molecule has 3 aromatic rings. The van der Waals surface area contributed by atoms with E-state index in [1.54, 1.807) is 39.4 Å². The van der Waals surface area contributed by atoms with Crippen molar-refractivity contribution in [3.8, 4) is 11.5 Å². The van der Waals surface area contributed by atoms with Gasteiger partial charge in [-0.05, 0) is 43.5 Å². The molecular formula is C27H30N4O5. The maximum atomic E-state index is 12.8. The van der Waals surface area contributed by atoms with Crippen molar-refractivity contribution in [3.63, 3.8) is 0 Å². The summed E-state index contributed by atoms with van der Waals surface area (Å²) in [6.07, 6.45) is 4.22. The Labute approximate surface area is 209 Å². The second kappa shape index (κ2) is 12.4. The van der Waals surface area contributed by atoms with Crippen molar-refractivity contribution < 1.29 is 19.1 Å². The molecule has 0 aliphatic rings. The first-order valence-electron chi connectivity index (χ1n) is 11.5. The molecule has 9 nitrogen and oxygen atoms in total. The van der Waals surface area contributed by atoms with Crippen LogP contribution in [0, 0.1) is 5.92 Å². The van der Waals surface area contributed by atoms with Gasteiger partial charge in [0.25, 0.3) is 5.56 Å². The number of rotatable bonds is 11. The molecule has 2 N–H and O–H groups in total. The molecular weight excluding hydrogens is 460 g/mol. The minimum Gasteiger partial charge on any atom is -0.493 e. The van der Waals surface area contributed by atoms with Gasteiger partial charge in [-0.3, -0.25) is 14.4 Å². The van der Waals surface area contributed by atoms with Crippen molar-refractivity contribution in [1.29, 1.82) is 0 Å². The van der Waals surface area contributed by atoms with Crippen LogP contribution in [0.1, 0.15) is 49.0 Å². The molecule has 2 unspecified atom stereocenters. The van der Waals surface area contributed by atoms with Gasteiger partial charge in [0.2, 0.25) is 5.91 Å². The van der Waals surface area contributed by atoms with E-state index in [0.29, 0.717) is 23.7 Å². The molecule has 0 bridgehead atoms. The Morgan fingerprint density at radius 1 is 1.06 bits per heavy atom. The van der Waals surface area contributed by atoms with Crippen LogP contribution in [0.3, 0.4) is 0 Å². The SMILES string of the molecule is COc1ccc(Cc2nnc(C(C)NC(=O)C(C/C=C/c3ccccc3)C(C)=O)c(=O)[nH]2)cc1OC. The van der Waals surface area contributed by atoms with Crippen molar-refractivity contribution in [1.82, 2.24) is 20.5 Å². The van der Waals surface area contributed by atoms with E-state index in [-0.39, 0.29) is 17.9 Å². The van der Waals surface area contributed by atoms with E-state index in [4.69, 9.17) is 9.47 Å². The average Bonchev–Trinajstić information content (AvgIpc) is 2.86. The number of ketones is 1. The predicted molar refractivity (Wildman–Crippen MR) is 136 cm³/mol. The summed E-state index contributed by atoms with van der Waals surface area (Å²) in [6.45, 7) is 3.00. The fourth-order valence-corrected chi connectivity index (χ4v) is 3.67. The van der Waals surface area contributed by atoms with Crippen molar-refractivity contribution in [2.75, 3.05) is 14.2 Å². The van der Waals surface area contributed by atoms with Gasteiger partial charge in [-0.2, -0.15) is 0 Å². The summed E-state index contributed by atoms with van der Waals surface area (Å²) >= 11 is 0. The molecule has 2 aromatic carbocycles. The van der Waals surface area contributed by atoms with Crippen LogP contribution < -0.4 is 20.3 Å². The third-order valence-electron chi connectivity index (χ3n) is 5.65. The van der Waals surface area contributed by atoms with Gasteiger partial charge in [0, 0.05) is 6.42 Å². The highest BCUT2D eigenvalue weighted by atomic mass is 16.5. The Morgan fingerprint density at radius 2 is 1.78 bits per heavy atom. The second-order valence-electron chi connectivity index (χ2n) is 8.29. The summed E-state index contributed by atoms with van der Waals surface area (Å²) in [5, 5.41) is 10.9. The molecule has 0 saturated heterocycles. The molecule has 188 valence electrons. The van der Waals surface area contributed by atoms with Crippen LogP contribution in [0.15, 0.2) is 59.4 Å². The Kier molecular flexibility index (Phi) is 9.10. The zero-order valence-corrected chi connectivity index (χ0v) is 20.8. The Hall–Kier alpha value is -4.27. The minimum atomic E-state index is -0.872. The number of methoxy groups -OCH3 is 2. The van der Waals surface area contributed by atoms with Gasteiger partial charge in [0.15, 0.2) is 11.5 Å². The van der Waals surface area contributed by atoms with Crippen molar-refractivity contribution in [2.45, 2.75) is 32.7 Å². The number of aromatic nitrogens is 3. The fourth-order valence-electron chi connectivity index (χ4n) is 3.67. The van der Waals surface area contributed by atoms with Crippen molar-refractivity contribution in [2.24, 2.45) is 5.92 Å². The standard InChI is InChI=1S/C27H30N4O5/c1-17(28-26(33)21(18(2)32)12-8-11-19-9-6-5-7-10-19)25-27(34)29-24(30-31-25)16-20-13-14-22(35-3)23(15-20)36-4/h5-11,13-15,17,21H,12,16H2,1-4H3,(H,28,33)(H,29,30,34)/b11-8+.